The molecule has 0 fully saturated rings. The molecular formula is C7H8F9NO. The Morgan fingerprint density at radius 3 is 1.28 bits per heavy atom. The van der Waals surface area contributed by atoms with Crippen LogP contribution in [0.1, 0.15) is 6.42 Å². The molecule has 0 rings (SSSR count). The number of rotatable bonds is 4. The van der Waals surface area contributed by atoms with Crippen molar-refractivity contribution in [1.29, 1.82) is 0 Å². The molecule has 0 saturated carbocycles. The first-order valence-corrected chi connectivity index (χ1v) is 4.35. The van der Waals surface area contributed by atoms with Crippen molar-refractivity contribution in [2.24, 2.45) is 5.73 Å². The zero-order valence-corrected chi connectivity index (χ0v) is 8.51. The second-order valence-corrected chi connectivity index (χ2v) is 3.17. The summed E-state index contributed by atoms with van der Waals surface area (Å²) in [6.07, 6.45) is -20.6. The Labute approximate surface area is 94.9 Å². The second kappa shape index (κ2) is 5.11. The lowest BCUT2D eigenvalue weighted by Gasteiger charge is -2.37. The molecule has 0 aromatic carbocycles. The average Bonchev–Trinajstić information content (AvgIpc) is 2.05. The Kier molecular flexibility index (Phi) is 4.91. The van der Waals surface area contributed by atoms with Crippen molar-refractivity contribution in [3.8, 4) is 0 Å². The van der Waals surface area contributed by atoms with Crippen LogP contribution in [0.3, 0.4) is 0 Å². The monoisotopic (exact) mass is 293 g/mol. The minimum atomic E-state index is -6.68. The predicted octanol–water partition coefficient (Wildman–Crippen LogP) is 2.78. The van der Waals surface area contributed by atoms with Gasteiger partial charge in [0.05, 0.1) is 0 Å². The van der Waals surface area contributed by atoms with Gasteiger partial charge in [-0.25, -0.2) is 0 Å². The van der Waals surface area contributed by atoms with Crippen LogP contribution in [0, 0.1) is 0 Å². The molecule has 0 aromatic heterocycles. The van der Waals surface area contributed by atoms with Gasteiger partial charge in [0.2, 0.25) is 0 Å². The molecule has 18 heavy (non-hydrogen) atoms. The highest BCUT2D eigenvalue weighted by Gasteiger charge is 2.85. The van der Waals surface area contributed by atoms with E-state index in [4.69, 9.17) is 5.73 Å². The van der Waals surface area contributed by atoms with E-state index in [0.717, 1.165) is 0 Å². The van der Waals surface area contributed by atoms with E-state index in [0.29, 0.717) is 0 Å². The van der Waals surface area contributed by atoms with Gasteiger partial charge in [0.1, 0.15) is 0 Å². The number of nitrogens with two attached hydrogens (primary N) is 1. The van der Waals surface area contributed by atoms with Gasteiger partial charge in [-0.2, -0.15) is 39.5 Å². The van der Waals surface area contributed by atoms with Crippen molar-refractivity contribution in [1.82, 2.24) is 0 Å². The average molecular weight is 293 g/mol. The van der Waals surface area contributed by atoms with Gasteiger partial charge < -0.3 is 10.5 Å². The lowest BCUT2D eigenvalue weighted by atomic mass is 10.0. The molecule has 0 aliphatic heterocycles. The van der Waals surface area contributed by atoms with Crippen molar-refractivity contribution in [2.45, 2.75) is 30.6 Å². The largest absolute Gasteiger partial charge is 0.435 e. The van der Waals surface area contributed by atoms with Crippen molar-refractivity contribution in [3.63, 3.8) is 0 Å². The first kappa shape index (κ1) is 17.3. The Balaban J connectivity index is 5.61. The zero-order valence-electron chi connectivity index (χ0n) is 8.51. The summed E-state index contributed by atoms with van der Waals surface area (Å²) in [5.74, 6) is 0. The SMILES string of the molecule is NCCCOC(C(F)(F)F)(C(F)(F)F)C(F)(F)F. The van der Waals surface area contributed by atoms with Crippen LogP contribution in [0.5, 0.6) is 0 Å². The lowest BCUT2D eigenvalue weighted by molar-refractivity contribution is -0.457. The van der Waals surface area contributed by atoms with Crippen molar-refractivity contribution in [2.75, 3.05) is 13.2 Å². The third kappa shape index (κ3) is 2.99. The molecule has 0 saturated heterocycles. The third-order valence-electron chi connectivity index (χ3n) is 1.86. The van der Waals surface area contributed by atoms with E-state index in [1.165, 1.54) is 0 Å². The van der Waals surface area contributed by atoms with Gasteiger partial charge in [0.15, 0.2) is 0 Å². The van der Waals surface area contributed by atoms with Gasteiger partial charge in [0, 0.05) is 6.61 Å². The first-order valence-electron chi connectivity index (χ1n) is 4.35. The maximum Gasteiger partial charge on any atom is 0.435 e. The molecule has 2 nitrogen and oxygen atoms in total. The fraction of sp³-hybridized carbons (Fsp3) is 1.00. The molecule has 0 unspecified atom stereocenters. The van der Waals surface area contributed by atoms with Crippen LogP contribution in [-0.4, -0.2) is 37.3 Å². The van der Waals surface area contributed by atoms with E-state index < -0.39 is 43.7 Å². The van der Waals surface area contributed by atoms with Gasteiger partial charge in [0.25, 0.3) is 0 Å². The molecule has 0 atom stereocenters. The van der Waals surface area contributed by atoms with E-state index in [-0.39, 0.29) is 0 Å². The molecule has 0 aromatic rings. The Morgan fingerprint density at radius 2 is 1.06 bits per heavy atom. The first-order chi connectivity index (χ1) is 7.81. The Morgan fingerprint density at radius 1 is 0.722 bits per heavy atom. The third-order valence-corrected chi connectivity index (χ3v) is 1.86. The topological polar surface area (TPSA) is 35.2 Å². The van der Waals surface area contributed by atoms with E-state index in [9.17, 15) is 39.5 Å². The quantitative estimate of drug-likeness (QED) is 0.639. The minimum absolute atomic E-state index is 0.413. The Hall–Kier alpha value is -0.710. The summed E-state index contributed by atoms with van der Waals surface area (Å²) in [5.41, 5.74) is -1.43. The van der Waals surface area contributed by atoms with Crippen LogP contribution in [0.15, 0.2) is 0 Å². The van der Waals surface area contributed by atoms with Gasteiger partial charge >= 0.3 is 24.1 Å². The number of alkyl halides is 9. The maximum atomic E-state index is 12.2. The number of halogens is 9. The van der Waals surface area contributed by atoms with Gasteiger partial charge in [-0.05, 0) is 13.0 Å². The summed E-state index contributed by atoms with van der Waals surface area (Å²) >= 11 is 0. The number of ether oxygens (including phenoxy) is 1. The molecule has 0 bridgehead atoms. The molecule has 110 valence electrons. The van der Waals surface area contributed by atoms with E-state index in [1.54, 1.807) is 0 Å². The van der Waals surface area contributed by atoms with E-state index in [1.807, 2.05) is 0 Å². The maximum absolute atomic E-state index is 12.2. The van der Waals surface area contributed by atoms with Crippen molar-refractivity contribution in [3.05, 3.63) is 0 Å². The number of hydrogen-bond acceptors (Lipinski definition) is 2. The summed E-state index contributed by atoms with van der Waals surface area (Å²) in [6.45, 7) is -1.83. The summed E-state index contributed by atoms with van der Waals surface area (Å²) in [7, 11) is 0. The summed E-state index contributed by atoms with van der Waals surface area (Å²) < 4.78 is 113. The summed E-state index contributed by atoms with van der Waals surface area (Å²) in [6, 6.07) is 0. The van der Waals surface area contributed by atoms with Crippen LogP contribution in [0.2, 0.25) is 0 Å². The second-order valence-electron chi connectivity index (χ2n) is 3.17. The molecule has 0 aliphatic rings. The van der Waals surface area contributed by atoms with Crippen LogP contribution < -0.4 is 5.73 Å². The zero-order chi connectivity index (χ0) is 14.8. The molecule has 0 spiro atoms. The van der Waals surface area contributed by atoms with Crippen molar-refractivity contribution >= 4 is 0 Å². The van der Waals surface area contributed by atoms with E-state index >= 15 is 0 Å². The molecule has 2 N–H and O–H groups in total. The normalized spacial score (nSPS) is 15.0. The van der Waals surface area contributed by atoms with Gasteiger partial charge in [-0.15, -0.1) is 0 Å². The lowest BCUT2D eigenvalue weighted by Crippen LogP contribution is -2.67. The summed E-state index contributed by atoms with van der Waals surface area (Å²) in [4.78, 5) is 0. The van der Waals surface area contributed by atoms with Gasteiger partial charge in [-0.3, -0.25) is 0 Å². The Bertz CT molecular complexity index is 230. The molecule has 0 aliphatic carbocycles. The standard InChI is InChI=1S/C7H8F9NO/c8-5(9,10)4(6(11,12)13,7(14,15)16)18-3-1-2-17/h1-3,17H2. The molecule has 0 heterocycles. The van der Waals surface area contributed by atoms with Crippen LogP contribution >= 0.6 is 0 Å². The smallest absolute Gasteiger partial charge is 0.351 e. The molecule has 0 radical (unpaired) electrons. The fourth-order valence-corrected chi connectivity index (χ4v) is 1.04. The van der Waals surface area contributed by atoms with Crippen LogP contribution in [-0.2, 0) is 4.74 Å². The summed E-state index contributed by atoms with van der Waals surface area (Å²) in [5, 5.41) is 0. The minimum Gasteiger partial charge on any atom is -0.351 e. The molecule has 11 heteroatoms. The highest BCUT2D eigenvalue weighted by molar-refractivity contribution is 5.02. The van der Waals surface area contributed by atoms with Crippen LogP contribution in [0.25, 0.3) is 0 Å². The molecular weight excluding hydrogens is 285 g/mol. The highest BCUT2D eigenvalue weighted by Crippen LogP contribution is 2.54. The van der Waals surface area contributed by atoms with Crippen molar-refractivity contribution < 1.29 is 44.3 Å². The number of hydrogen-bond donors (Lipinski definition) is 1. The predicted molar refractivity (Wildman–Crippen MR) is 40.5 cm³/mol. The highest BCUT2D eigenvalue weighted by atomic mass is 19.4. The molecule has 0 amide bonds. The van der Waals surface area contributed by atoms with Gasteiger partial charge in [-0.1, -0.05) is 0 Å². The van der Waals surface area contributed by atoms with Crippen LogP contribution in [0.4, 0.5) is 39.5 Å². The van der Waals surface area contributed by atoms with E-state index in [2.05, 4.69) is 4.74 Å². The fourth-order valence-electron chi connectivity index (χ4n) is 1.04.